The van der Waals surface area contributed by atoms with Gasteiger partial charge in [-0.1, -0.05) is 26.0 Å². The van der Waals surface area contributed by atoms with Crippen LogP contribution in [0.2, 0.25) is 0 Å². The number of nitrogens with one attached hydrogen (secondary N) is 1. The summed E-state index contributed by atoms with van der Waals surface area (Å²) in [5, 5.41) is 3.21. The van der Waals surface area contributed by atoms with Crippen molar-refractivity contribution in [2.24, 2.45) is 5.92 Å². The molecule has 1 aliphatic heterocycles. The lowest BCUT2D eigenvalue weighted by Crippen LogP contribution is -2.42. The van der Waals surface area contributed by atoms with E-state index < -0.39 is 0 Å². The lowest BCUT2D eigenvalue weighted by Gasteiger charge is -2.31. The Kier molecular flexibility index (Phi) is 6.25. The molecular formula is C18H28N2O2. The van der Waals surface area contributed by atoms with Crippen LogP contribution >= 0.6 is 0 Å². The zero-order chi connectivity index (χ0) is 15.9. The van der Waals surface area contributed by atoms with Crippen molar-refractivity contribution < 1.29 is 9.53 Å². The van der Waals surface area contributed by atoms with E-state index in [1.807, 2.05) is 24.1 Å². The number of benzene rings is 1. The highest BCUT2D eigenvalue weighted by molar-refractivity contribution is 5.77. The first-order valence-electron chi connectivity index (χ1n) is 8.25. The Hall–Kier alpha value is -1.55. The van der Waals surface area contributed by atoms with Gasteiger partial charge in [0.1, 0.15) is 5.75 Å². The first-order chi connectivity index (χ1) is 10.6. The largest absolute Gasteiger partial charge is 0.484 e. The number of nitrogens with zero attached hydrogens (tertiary/aromatic N) is 1. The zero-order valence-corrected chi connectivity index (χ0v) is 14.0. The molecule has 0 aromatic heterocycles. The Bertz CT molecular complexity index is 462. The van der Waals surface area contributed by atoms with Crippen LogP contribution in [0.5, 0.6) is 5.75 Å². The van der Waals surface area contributed by atoms with Gasteiger partial charge in [-0.05, 0) is 56.0 Å². The predicted molar refractivity (Wildman–Crippen MR) is 89.3 cm³/mol. The van der Waals surface area contributed by atoms with Gasteiger partial charge in [-0.3, -0.25) is 4.79 Å². The molecule has 4 nitrogen and oxygen atoms in total. The number of ether oxygens (including phenoxy) is 1. The molecule has 4 heteroatoms. The Labute approximate surface area is 133 Å². The van der Waals surface area contributed by atoms with E-state index >= 15 is 0 Å². The highest BCUT2D eigenvalue weighted by Gasteiger charge is 2.22. The third-order valence-electron chi connectivity index (χ3n) is 4.37. The maximum atomic E-state index is 12.2. The van der Waals surface area contributed by atoms with Crippen molar-refractivity contribution in [2.75, 3.05) is 33.3 Å². The van der Waals surface area contributed by atoms with Gasteiger partial charge in [0.25, 0.3) is 5.91 Å². The highest BCUT2D eigenvalue weighted by atomic mass is 16.5. The van der Waals surface area contributed by atoms with Gasteiger partial charge >= 0.3 is 0 Å². The zero-order valence-electron chi connectivity index (χ0n) is 14.0. The summed E-state index contributed by atoms with van der Waals surface area (Å²) in [6.07, 6.45) is 2.16. The van der Waals surface area contributed by atoms with E-state index in [2.05, 4.69) is 31.3 Å². The molecule has 1 amide bonds. The normalized spacial score (nSPS) is 16.1. The van der Waals surface area contributed by atoms with E-state index in [0.29, 0.717) is 11.8 Å². The van der Waals surface area contributed by atoms with Crippen LogP contribution < -0.4 is 10.1 Å². The van der Waals surface area contributed by atoms with Crippen molar-refractivity contribution in [1.82, 2.24) is 10.2 Å². The molecule has 1 aromatic rings. The second kappa shape index (κ2) is 8.18. The second-order valence-corrected chi connectivity index (χ2v) is 6.39. The Balaban J connectivity index is 1.76. The summed E-state index contributed by atoms with van der Waals surface area (Å²) in [6, 6.07) is 8.02. The van der Waals surface area contributed by atoms with Gasteiger partial charge < -0.3 is 15.0 Å². The molecular weight excluding hydrogens is 276 g/mol. The maximum absolute atomic E-state index is 12.2. The molecule has 1 N–H and O–H groups in total. The maximum Gasteiger partial charge on any atom is 0.260 e. The summed E-state index contributed by atoms with van der Waals surface area (Å²) in [6.45, 7) is 7.20. The Morgan fingerprint density at radius 2 is 1.91 bits per heavy atom. The predicted octanol–water partition coefficient (Wildman–Crippen LogP) is 2.65. The van der Waals surface area contributed by atoms with Crippen molar-refractivity contribution >= 4 is 5.91 Å². The minimum Gasteiger partial charge on any atom is -0.484 e. The third-order valence-corrected chi connectivity index (χ3v) is 4.37. The van der Waals surface area contributed by atoms with Crippen LogP contribution in [0.3, 0.4) is 0 Å². The van der Waals surface area contributed by atoms with Crippen LogP contribution in [-0.4, -0.2) is 44.1 Å². The SMILES string of the molecule is CNCC1CCN(C(=O)COc2ccc(C(C)C)cc2)CC1. The van der Waals surface area contributed by atoms with E-state index in [1.54, 1.807) is 0 Å². The topological polar surface area (TPSA) is 41.6 Å². The first kappa shape index (κ1) is 16.8. The molecule has 1 saturated heterocycles. The van der Waals surface area contributed by atoms with E-state index in [-0.39, 0.29) is 12.5 Å². The number of hydrogen-bond donors (Lipinski definition) is 1. The fourth-order valence-corrected chi connectivity index (χ4v) is 2.86. The number of amides is 1. The summed E-state index contributed by atoms with van der Waals surface area (Å²) >= 11 is 0. The number of carbonyl (C=O) groups is 1. The highest BCUT2D eigenvalue weighted by Crippen LogP contribution is 2.19. The van der Waals surface area contributed by atoms with Gasteiger partial charge in [-0.25, -0.2) is 0 Å². The van der Waals surface area contributed by atoms with Crippen LogP contribution in [0.25, 0.3) is 0 Å². The van der Waals surface area contributed by atoms with E-state index in [9.17, 15) is 4.79 Å². The van der Waals surface area contributed by atoms with Gasteiger partial charge in [-0.2, -0.15) is 0 Å². The summed E-state index contributed by atoms with van der Waals surface area (Å²) in [4.78, 5) is 14.1. The van der Waals surface area contributed by atoms with E-state index in [4.69, 9.17) is 4.74 Å². The standard InChI is InChI=1S/C18H28N2O2/c1-14(2)16-4-6-17(7-5-16)22-13-18(21)20-10-8-15(9-11-20)12-19-3/h4-7,14-15,19H,8-13H2,1-3H3. The fraction of sp³-hybridized carbons (Fsp3) is 0.611. The molecule has 0 radical (unpaired) electrons. The summed E-state index contributed by atoms with van der Waals surface area (Å²) < 4.78 is 5.63. The van der Waals surface area contributed by atoms with Crippen LogP contribution in [0.4, 0.5) is 0 Å². The molecule has 2 rings (SSSR count). The Morgan fingerprint density at radius 1 is 1.27 bits per heavy atom. The molecule has 0 spiro atoms. The van der Waals surface area contributed by atoms with Crippen LogP contribution in [0, 0.1) is 5.92 Å². The molecule has 0 atom stereocenters. The molecule has 1 aliphatic rings. The molecule has 122 valence electrons. The quantitative estimate of drug-likeness (QED) is 0.878. The smallest absolute Gasteiger partial charge is 0.260 e. The van der Waals surface area contributed by atoms with Crippen LogP contribution in [0.15, 0.2) is 24.3 Å². The summed E-state index contributed by atoms with van der Waals surface area (Å²) in [5.74, 6) is 2.06. The molecule has 1 aromatic carbocycles. The second-order valence-electron chi connectivity index (χ2n) is 6.39. The molecule has 1 fully saturated rings. The number of hydrogen-bond acceptors (Lipinski definition) is 3. The average Bonchev–Trinajstić information content (AvgIpc) is 2.54. The van der Waals surface area contributed by atoms with Gasteiger partial charge in [0, 0.05) is 13.1 Å². The lowest BCUT2D eigenvalue weighted by molar-refractivity contribution is -0.134. The molecule has 1 heterocycles. The van der Waals surface area contributed by atoms with Gasteiger partial charge in [0.05, 0.1) is 0 Å². The summed E-state index contributed by atoms with van der Waals surface area (Å²) in [7, 11) is 1.98. The van der Waals surface area contributed by atoms with Crippen molar-refractivity contribution in [2.45, 2.75) is 32.6 Å². The lowest BCUT2D eigenvalue weighted by atomic mass is 9.97. The number of carbonyl (C=O) groups excluding carboxylic acids is 1. The van der Waals surface area contributed by atoms with Gasteiger partial charge in [0.2, 0.25) is 0 Å². The van der Waals surface area contributed by atoms with Gasteiger partial charge in [-0.15, -0.1) is 0 Å². The number of piperidine rings is 1. The number of likely N-dealkylation sites (tertiary alicyclic amines) is 1. The number of rotatable bonds is 6. The molecule has 0 bridgehead atoms. The molecule has 0 saturated carbocycles. The van der Waals surface area contributed by atoms with Crippen molar-refractivity contribution in [1.29, 1.82) is 0 Å². The van der Waals surface area contributed by atoms with Crippen LogP contribution in [-0.2, 0) is 4.79 Å². The molecule has 0 aliphatic carbocycles. The van der Waals surface area contributed by atoms with E-state index in [1.165, 1.54) is 5.56 Å². The average molecular weight is 304 g/mol. The van der Waals surface area contributed by atoms with Crippen molar-refractivity contribution in [3.8, 4) is 5.75 Å². The molecule has 0 unspecified atom stereocenters. The summed E-state index contributed by atoms with van der Waals surface area (Å²) in [5.41, 5.74) is 1.28. The van der Waals surface area contributed by atoms with Gasteiger partial charge in [0.15, 0.2) is 6.61 Å². The van der Waals surface area contributed by atoms with Crippen molar-refractivity contribution in [3.05, 3.63) is 29.8 Å². The first-order valence-corrected chi connectivity index (χ1v) is 8.25. The minimum atomic E-state index is 0.0934. The monoisotopic (exact) mass is 304 g/mol. The minimum absolute atomic E-state index is 0.0934. The van der Waals surface area contributed by atoms with Crippen molar-refractivity contribution in [3.63, 3.8) is 0 Å². The van der Waals surface area contributed by atoms with Crippen LogP contribution in [0.1, 0.15) is 38.2 Å². The van der Waals surface area contributed by atoms with E-state index in [0.717, 1.165) is 38.2 Å². The fourth-order valence-electron chi connectivity index (χ4n) is 2.86. The third kappa shape index (κ3) is 4.73. The molecule has 22 heavy (non-hydrogen) atoms. The Morgan fingerprint density at radius 3 is 2.45 bits per heavy atom.